The van der Waals surface area contributed by atoms with Gasteiger partial charge in [-0.25, -0.2) is 0 Å². The number of carboxylic acids is 1. The van der Waals surface area contributed by atoms with Crippen molar-refractivity contribution in [2.75, 3.05) is 0 Å². The molecule has 2 aliphatic rings. The number of hydrogen-bond donors (Lipinski definition) is 0. The Morgan fingerprint density at radius 1 is 1.27 bits per heavy atom. The van der Waals surface area contributed by atoms with Crippen LogP contribution in [-0.4, -0.2) is 17.5 Å². The molecule has 2 rings (SSSR count). The molecule has 0 bridgehead atoms. The number of allylic oxidation sites excluding steroid dienone is 3. The zero-order chi connectivity index (χ0) is 11.0. The third-order valence-electron chi connectivity index (χ3n) is 2.93. The molecule has 0 aromatic rings. The third kappa shape index (κ3) is 1.52. The number of fused-ring (bicyclic) bond motifs is 1. The van der Waals surface area contributed by atoms with E-state index in [1.165, 1.54) is 18.2 Å². The molecule has 15 heavy (non-hydrogen) atoms. The van der Waals surface area contributed by atoms with Crippen molar-refractivity contribution in [2.45, 2.75) is 6.42 Å². The predicted octanol–water partition coefficient (Wildman–Crippen LogP) is -0.747. The summed E-state index contributed by atoms with van der Waals surface area (Å²) < 4.78 is 0. The van der Waals surface area contributed by atoms with E-state index < -0.39 is 23.7 Å². The highest BCUT2D eigenvalue weighted by Crippen LogP contribution is 2.34. The molecule has 0 radical (unpaired) electrons. The number of ketones is 2. The Labute approximate surface area is 86.3 Å². The van der Waals surface area contributed by atoms with Crippen LogP contribution < -0.4 is 5.11 Å². The average molecular weight is 205 g/mol. The van der Waals surface area contributed by atoms with Crippen LogP contribution in [0.5, 0.6) is 0 Å². The number of carbonyl (C=O) groups is 3. The van der Waals surface area contributed by atoms with Gasteiger partial charge < -0.3 is 9.90 Å². The normalized spacial score (nSPS) is 34.0. The highest BCUT2D eigenvalue weighted by Gasteiger charge is 2.40. The van der Waals surface area contributed by atoms with Crippen molar-refractivity contribution < 1.29 is 19.5 Å². The van der Waals surface area contributed by atoms with E-state index in [1.807, 2.05) is 0 Å². The number of hydrogen-bond acceptors (Lipinski definition) is 4. The predicted molar refractivity (Wildman–Crippen MR) is 48.4 cm³/mol. The maximum Gasteiger partial charge on any atom is 0.160 e. The highest BCUT2D eigenvalue weighted by molar-refractivity contribution is 6.08. The van der Waals surface area contributed by atoms with Crippen molar-refractivity contribution in [2.24, 2.45) is 17.8 Å². The van der Waals surface area contributed by atoms with E-state index in [0.29, 0.717) is 6.42 Å². The van der Waals surface area contributed by atoms with Gasteiger partial charge in [0, 0.05) is 23.7 Å². The molecule has 0 aliphatic heterocycles. The highest BCUT2D eigenvalue weighted by atomic mass is 16.4. The second-order valence-corrected chi connectivity index (χ2v) is 3.78. The summed E-state index contributed by atoms with van der Waals surface area (Å²) in [5.74, 6) is -4.01. The fourth-order valence-electron chi connectivity index (χ4n) is 2.18. The molecule has 0 heterocycles. The maximum atomic E-state index is 11.5. The Morgan fingerprint density at radius 3 is 2.60 bits per heavy atom. The molecule has 0 spiro atoms. The molecule has 0 aromatic carbocycles. The lowest BCUT2D eigenvalue weighted by atomic mass is 9.69. The largest absolute Gasteiger partial charge is 0.549 e. The second kappa shape index (κ2) is 3.46. The molecule has 78 valence electrons. The molecule has 2 aliphatic carbocycles. The first-order valence-corrected chi connectivity index (χ1v) is 4.74. The molecule has 0 saturated heterocycles. The van der Waals surface area contributed by atoms with Crippen LogP contribution in [0.15, 0.2) is 24.3 Å². The minimum absolute atomic E-state index is 0.171. The van der Waals surface area contributed by atoms with E-state index >= 15 is 0 Å². The van der Waals surface area contributed by atoms with Crippen molar-refractivity contribution in [3.63, 3.8) is 0 Å². The van der Waals surface area contributed by atoms with Crippen molar-refractivity contribution in [3.8, 4) is 0 Å². The number of carboxylic acid groups (broad SMARTS) is 1. The van der Waals surface area contributed by atoms with Gasteiger partial charge in [0.15, 0.2) is 11.6 Å². The molecule has 0 amide bonds. The van der Waals surface area contributed by atoms with Gasteiger partial charge in [0.05, 0.1) is 0 Å². The number of rotatable bonds is 1. The van der Waals surface area contributed by atoms with E-state index in [2.05, 4.69) is 0 Å². The average Bonchev–Trinajstić information content (AvgIpc) is 2.23. The molecule has 0 fully saturated rings. The Kier molecular flexibility index (Phi) is 2.26. The number of carbonyl (C=O) groups excluding carboxylic acids is 3. The molecule has 3 atom stereocenters. The van der Waals surface area contributed by atoms with Gasteiger partial charge in [-0.2, -0.15) is 0 Å². The summed E-state index contributed by atoms with van der Waals surface area (Å²) in [6, 6.07) is 0. The molecule has 4 heteroatoms. The zero-order valence-electron chi connectivity index (χ0n) is 7.88. The quantitative estimate of drug-likeness (QED) is 0.528. The lowest BCUT2D eigenvalue weighted by Gasteiger charge is -2.34. The van der Waals surface area contributed by atoms with Crippen LogP contribution in [-0.2, 0) is 14.4 Å². The molecule has 4 nitrogen and oxygen atoms in total. The van der Waals surface area contributed by atoms with Crippen LogP contribution in [0.4, 0.5) is 0 Å². The van der Waals surface area contributed by atoms with Crippen LogP contribution in [0, 0.1) is 17.8 Å². The van der Waals surface area contributed by atoms with E-state index in [1.54, 1.807) is 6.08 Å². The third-order valence-corrected chi connectivity index (χ3v) is 2.93. The first kappa shape index (κ1) is 9.83. The summed E-state index contributed by atoms with van der Waals surface area (Å²) in [6.07, 6.45) is 5.91. The van der Waals surface area contributed by atoms with Crippen molar-refractivity contribution in [3.05, 3.63) is 24.3 Å². The zero-order valence-corrected chi connectivity index (χ0v) is 7.88. The smallest absolute Gasteiger partial charge is 0.160 e. The minimum Gasteiger partial charge on any atom is -0.549 e. The van der Waals surface area contributed by atoms with E-state index in [9.17, 15) is 19.5 Å². The van der Waals surface area contributed by atoms with Gasteiger partial charge in [0.2, 0.25) is 0 Å². The van der Waals surface area contributed by atoms with Crippen LogP contribution >= 0.6 is 0 Å². The van der Waals surface area contributed by atoms with Crippen LogP contribution in [0.1, 0.15) is 6.42 Å². The Morgan fingerprint density at radius 2 is 1.93 bits per heavy atom. The fourth-order valence-corrected chi connectivity index (χ4v) is 2.18. The van der Waals surface area contributed by atoms with Gasteiger partial charge in [0.25, 0.3) is 0 Å². The summed E-state index contributed by atoms with van der Waals surface area (Å²) in [5, 5.41) is 10.8. The minimum atomic E-state index is -1.29. The monoisotopic (exact) mass is 205 g/mol. The van der Waals surface area contributed by atoms with Crippen molar-refractivity contribution in [1.82, 2.24) is 0 Å². The van der Waals surface area contributed by atoms with E-state index in [0.717, 1.165) is 0 Å². The Bertz CT molecular complexity index is 391. The van der Waals surface area contributed by atoms with E-state index in [-0.39, 0.29) is 11.6 Å². The summed E-state index contributed by atoms with van der Waals surface area (Å²) in [6.45, 7) is 0. The SMILES string of the molecule is O=C1C=CC(=O)[C@@H]2CC=C[C@@H](C(=O)[O-])[C@H]12. The molecule has 0 saturated carbocycles. The topological polar surface area (TPSA) is 74.3 Å². The summed E-state index contributed by atoms with van der Waals surface area (Å²) in [5.41, 5.74) is 0. The van der Waals surface area contributed by atoms with Crippen molar-refractivity contribution in [1.29, 1.82) is 0 Å². The maximum absolute atomic E-state index is 11.5. The van der Waals surface area contributed by atoms with Crippen LogP contribution in [0.2, 0.25) is 0 Å². The summed E-state index contributed by atoms with van der Waals surface area (Å²) in [4.78, 5) is 33.8. The molecular weight excluding hydrogens is 196 g/mol. The van der Waals surface area contributed by atoms with Gasteiger partial charge in [-0.3, -0.25) is 9.59 Å². The first-order chi connectivity index (χ1) is 7.11. The van der Waals surface area contributed by atoms with Gasteiger partial charge in [-0.15, -0.1) is 0 Å². The van der Waals surface area contributed by atoms with Crippen LogP contribution in [0.3, 0.4) is 0 Å². The van der Waals surface area contributed by atoms with Gasteiger partial charge in [-0.05, 0) is 18.6 Å². The van der Waals surface area contributed by atoms with Crippen molar-refractivity contribution >= 4 is 17.5 Å². The lowest BCUT2D eigenvalue weighted by Crippen LogP contribution is -2.45. The molecule has 0 N–H and O–H groups in total. The first-order valence-electron chi connectivity index (χ1n) is 4.74. The van der Waals surface area contributed by atoms with Gasteiger partial charge in [0.1, 0.15) is 0 Å². The summed E-state index contributed by atoms with van der Waals surface area (Å²) >= 11 is 0. The second-order valence-electron chi connectivity index (χ2n) is 3.78. The Hall–Kier alpha value is -1.71. The standard InChI is InChI=1S/C11H10O4/c12-8-4-5-9(13)10-6(8)2-1-3-7(10)11(14)15/h1,3-7,10H,2H2,(H,14,15)/p-1/t6-,7+,10+/m0/s1. The van der Waals surface area contributed by atoms with Gasteiger partial charge in [-0.1, -0.05) is 12.2 Å². The van der Waals surface area contributed by atoms with Gasteiger partial charge >= 0.3 is 0 Å². The lowest BCUT2D eigenvalue weighted by molar-refractivity contribution is -0.311. The summed E-state index contributed by atoms with van der Waals surface area (Å²) in [7, 11) is 0. The van der Waals surface area contributed by atoms with E-state index in [4.69, 9.17) is 0 Å². The fraction of sp³-hybridized carbons (Fsp3) is 0.364. The molecular formula is C11H9O4-. The molecule has 0 unspecified atom stereocenters. The number of aliphatic carboxylic acids is 1. The Balaban J connectivity index is 2.40. The molecule has 0 aromatic heterocycles. The van der Waals surface area contributed by atoms with Crippen LogP contribution in [0.25, 0.3) is 0 Å².